The Bertz CT molecular complexity index is 40.7. The number of hydrogen-bond donors (Lipinski definition) is 0. The van der Waals surface area contributed by atoms with Gasteiger partial charge in [0.15, 0.2) is 0 Å². The van der Waals surface area contributed by atoms with Gasteiger partial charge in [-0.1, -0.05) is 25.3 Å². The molecule has 0 bridgehead atoms. The van der Waals surface area contributed by atoms with Crippen LogP contribution in [0.1, 0.15) is 6.92 Å². The molecule has 0 N–H and O–H groups in total. The van der Waals surface area contributed by atoms with Crippen LogP contribution < -0.4 is 0 Å². The van der Waals surface area contributed by atoms with Crippen LogP contribution in [0.4, 0.5) is 0 Å². The summed E-state index contributed by atoms with van der Waals surface area (Å²) in [6.45, 7) is 6.65. The van der Waals surface area contributed by atoms with Crippen LogP contribution in [-0.4, -0.2) is 24.6 Å². The minimum Gasteiger partial charge on any atom is -0.550 e. The molecule has 0 aliphatic heterocycles. The molecular formula is C4H13AlOSi. The van der Waals surface area contributed by atoms with Crippen LogP contribution >= 0.6 is 0 Å². The van der Waals surface area contributed by atoms with E-state index in [1.807, 2.05) is 0 Å². The van der Waals surface area contributed by atoms with E-state index < -0.39 is 9.04 Å². The van der Waals surface area contributed by atoms with Gasteiger partial charge in [-0.15, -0.1) is 0 Å². The lowest BCUT2D eigenvalue weighted by Crippen LogP contribution is -2.09. The average molecular weight is 132 g/mol. The quantitative estimate of drug-likeness (QED) is 0.515. The maximum absolute atomic E-state index is 5.47. The summed E-state index contributed by atoms with van der Waals surface area (Å²) in [5.41, 5.74) is 0. The summed E-state index contributed by atoms with van der Waals surface area (Å²) in [5, 5.41) is 1.30. The second-order valence-corrected chi connectivity index (χ2v) is 6.76. The first-order valence-corrected chi connectivity index (χ1v) is 7.24. The van der Waals surface area contributed by atoms with Crippen molar-refractivity contribution in [3.05, 3.63) is 0 Å². The minimum absolute atomic E-state index is 0.0640. The van der Waals surface area contributed by atoms with E-state index >= 15 is 0 Å². The van der Waals surface area contributed by atoms with E-state index in [1.165, 1.54) is 5.28 Å². The maximum atomic E-state index is 5.47. The van der Waals surface area contributed by atoms with Gasteiger partial charge in [0.2, 0.25) is 0 Å². The summed E-state index contributed by atoms with van der Waals surface area (Å²) in [5.74, 6) is 0. The first-order chi connectivity index (χ1) is 3.27. The van der Waals surface area contributed by atoms with Crippen molar-refractivity contribution in [3.63, 3.8) is 0 Å². The molecule has 0 aromatic rings. The first-order valence-electron chi connectivity index (χ1n) is 2.89. The van der Waals surface area contributed by atoms with Crippen molar-refractivity contribution in [1.82, 2.24) is 0 Å². The smallest absolute Gasteiger partial charge is 0.424 e. The zero-order valence-electron chi connectivity index (χ0n) is 5.40. The maximum Gasteiger partial charge on any atom is 0.424 e. The molecule has 0 radical (unpaired) electrons. The van der Waals surface area contributed by atoms with Crippen LogP contribution in [0.25, 0.3) is 0 Å². The van der Waals surface area contributed by atoms with E-state index in [9.17, 15) is 0 Å². The van der Waals surface area contributed by atoms with Crippen molar-refractivity contribution in [2.24, 2.45) is 0 Å². The second kappa shape index (κ2) is 4.86. The van der Waals surface area contributed by atoms with Crippen molar-refractivity contribution < 1.29 is 3.48 Å². The fourth-order valence-electron chi connectivity index (χ4n) is 0.354. The molecule has 0 saturated heterocycles. The summed E-state index contributed by atoms with van der Waals surface area (Å²) in [6.07, 6.45) is 0. The van der Waals surface area contributed by atoms with Gasteiger partial charge in [0.25, 0.3) is 0 Å². The van der Waals surface area contributed by atoms with Crippen LogP contribution in [0.3, 0.4) is 0 Å². The van der Waals surface area contributed by atoms with Crippen LogP contribution in [0, 0.1) is 0 Å². The molecule has 0 amide bonds. The van der Waals surface area contributed by atoms with Crippen LogP contribution in [0.2, 0.25) is 18.4 Å². The largest absolute Gasteiger partial charge is 0.550 e. The van der Waals surface area contributed by atoms with E-state index in [2.05, 4.69) is 20.0 Å². The lowest BCUT2D eigenvalue weighted by Gasteiger charge is -2.01. The molecule has 0 aliphatic rings. The Hall–Kier alpha value is 0.709. The van der Waals surface area contributed by atoms with E-state index in [0.29, 0.717) is 0 Å². The fraction of sp³-hybridized carbons (Fsp3) is 1.00. The molecular weight excluding hydrogens is 119 g/mol. The lowest BCUT2D eigenvalue weighted by molar-refractivity contribution is 0.622. The Morgan fingerprint density at radius 3 is 2.29 bits per heavy atom. The normalized spacial score (nSPS) is 9.71. The van der Waals surface area contributed by atoms with Gasteiger partial charge in [0, 0.05) is 0 Å². The predicted molar refractivity (Wildman–Crippen MR) is 37.6 cm³/mol. The molecule has 0 rings (SSSR count). The van der Waals surface area contributed by atoms with E-state index in [-0.39, 0.29) is 15.6 Å². The third kappa shape index (κ3) is 6.71. The third-order valence-corrected chi connectivity index (χ3v) is 4.67. The van der Waals surface area contributed by atoms with Gasteiger partial charge in [-0.25, -0.2) is 0 Å². The van der Waals surface area contributed by atoms with Gasteiger partial charge in [-0.2, -0.15) is 0 Å². The molecule has 0 fully saturated rings. The molecule has 0 atom stereocenters. The Labute approximate surface area is 53.8 Å². The average Bonchev–Trinajstić information content (AvgIpc) is 1.61. The summed E-state index contributed by atoms with van der Waals surface area (Å²) >= 11 is -0.0640. The highest BCUT2D eigenvalue weighted by Gasteiger charge is 1.93. The predicted octanol–water partition coefficient (Wildman–Crippen LogP) is 0.776. The van der Waals surface area contributed by atoms with Gasteiger partial charge in [0.1, 0.15) is 9.04 Å². The summed E-state index contributed by atoms with van der Waals surface area (Å²) in [6, 6.07) is 0. The van der Waals surface area contributed by atoms with Crippen LogP contribution in [0.5, 0.6) is 0 Å². The molecule has 0 spiro atoms. The number of hydrogen-bond acceptors (Lipinski definition) is 1. The highest BCUT2D eigenvalue weighted by atomic mass is 28.3. The zero-order valence-corrected chi connectivity index (χ0v) is 7.97. The first kappa shape index (κ1) is 7.71. The minimum atomic E-state index is -0.626. The zero-order chi connectivity index (χ0) is 5.70. The van der Waals surface area contributed by atoms with Crippen molar-refractivity contribution in [2.45, 2.75) is 25.3 Å². The molecule has 0 aromatic heterocycles. The molecule has 1 nitrogen and oxygen atoms in total. The second-order valence-electron chi connectivity index (χ2n) is 1.92. The number of rotatable bonds is 3. The Morgan fingerprint density at radius 2 is 2.14 bits per heavy atom. The highest BCUT2D eigenvalue weighted by Crippen LogP contribution is 1.82. The van der Waals surface area contributed by atoms with Gasteiger partial charge < -0.3 is 3.48 Å². The Balaban J connectivity index is 2.68. The molecule has 0 heterocycles. The highest BCUT2D eigenvalue weighted by molar-refractivity contribution is 6.56. The van der Waals surface area contributed by atoms with Crippen LogP contribution in [-0.2, 0) is 3.48 Å². The molecule has 0 unspecified atom stereocenters. The summed E-state index contributed by atoms with van der Waals surface area (Å²) in [4.78, 5) is 0. The standard InChI is InChI=1S/C2H7OSi.C2H5.Al.H/c1-4(2)3;1-2;;/h4H,1-2H3;1H2,2H3;;/q-1;;+1;. The summed E-state index contributed by atoms with van der Waals surface area (Å²) < 4.78 is 5.47. The monoisotopic (exact) mass is 132 g/mol. The molecule has 3 heteroatoms. The SMILES string of the molecule is C[CH2][AlH][O][SiH](C)C. The molecule has 0 saturated carbocycles. The van der Waals surface area contributed by atoms with Gasteiger partial charge in [-0.3, -0.25) is 0 Å². The molecule has 0 aromatic carbocycles. The molecule has 7 heavy (non-hydrogen) atoms. The van der Waals surface area contributed by atoms with Gasteiger partial charge in [0.05, 0.1) is 0 Å². The van der Waals surface area contributed by atoms with Crippen molar-refractivity contribution in [3.8, 4) is 0 Å². The van der Waals surface area contributed by atoms with Crippen LogP contribution in [0.15, 0.2) is 0 Å². The van der Waals surface area contributed by atoms with Gasteiger partial charge in [-0.05, 0) is 0 Å². The van der Waals surface area contributed by atoms with Crippen molar-refractivity contribution in [2.75, 3.05) is 0 Å². The molecule has 42 valence electrons. The summed E-state index contributed by atoms with van der Waals surface area (Å²) in [7, 11) is -0.626. The van der Waals surface area contributed by atoms with E-state index in [1.54, 1.807) is 0 Å². The van der Waals surface area contributed by atoms with E-state index in [4.69, 9.17) is 3.48 Å². The Morgan fingerprint density at radius 1 is 1.57 bits per heavy atom. The molecule has 0 aliphatic carbocycles. The topological polar surface area (TPSA) is 9.23 Å². The van der Waals surface area contributed by atoms with Gasteiger partial charge >= 0.3 is 15.6 Å². The lowest BCUT2D eigenvalue weighted by atomic mass is 11.0. The van der Waals surface area contributed by atoms with Crippen molar-refractivity contribution >= 4 is 24.6 Å². The fourth-order valence-corrected chi connectivity index (χ4v) is 3.18. The van der Waals surface area contributed by atoms with Crippen molar-refractivity contribution in [1.29, 1.82) is 0 Å². The van der Waals surface area contributed by atoms with E-state index in [0.717, 1.165) is 0 Å². The Kier molecular flexibility index (Phi) is 5.35. The third-order valence-electron chi connectivity index (χ3n) is 0.655.